The number of benzene rings is 1. The fraction of sp³-hybridized carbons (Fsp3) is 0.467. The van der Waals surface area contributed by atoms with Crippen LogP contribution in [0.15, 0.2) is 30.3 Å². The van der Waals surface area contributed by atoms with Crippen LogP contribution in [-0.2, 0) is 16.0 Å². The van der Waals surface area contributed by atoms with Gasteiger partial charge in [0.1, 0.15) is 5.60 Å². The average Bonchev–Trinajstić information content (AvgIpc) is 2.36. The number of carbonyl (C=O) groups is 2. The van der Waals surface area contributed by atoms with E-state index in [1.54, 1.807) is 20.8 Å². The van der Waals surface area contributed by atoms with Gasteiger partial charge in [-0.15, -0.1) is 0 Å². The maximum absolute atomic E-state index is 12.2. The van der Waals surface area contributed by atoms with E-state index in [9.17, 15) is 9.59 Å². The Kier molecular flexibility index (Phi) is 6.41. The summed E-state index contributed by atoms with van der Waals surface area (Å²) in [5.74, 6) is -0.183. The zero-order chi connectivity index (χ0) is 16.1. The van der Waals surface area contributed by atoms with Gasteiger partial charge in [0, 0.05) is 6.42 Å². The second kappa shape index (κ2) is 7.40. The number of Topliss-reactive ketones (excluding diaryl/α,β-unsaturated/α-hetero) is 1. The van der Waals surface area contributed by atoms with E-state index in [2.05, 4.69) is 37.2 Å². The highest BCUT2D eigenvalue weighted by atomic mass is 79.9. The Labute approximate surface area is 141 Å². The first kappa shape index (κ1) is 18.2. The monoisotopic (exact) mass is 419 g/mol. The topological polar surface area (TPSA) is 55.4 Å². The van der Waals surface area contributed by atoms with Crippen LogP contribution in [0.3, 0.4) is 0 Å². The van der Waals surface area contributed by atoms with Gasteiger partial charge in [-0.1, -0.05) is 62.2 Å². The minimum Gasteiger partial charge on any atom is -0.444 e. The number of amides is 1. The molecule has 0 aromatic heterocycles. The third kappa shape index (κ3) is 6.18. The molecule has 0 aliphatic rings. The Morgan fingerprint density at radius 1 is 1.19 bits per heavy atom. The van der Waals surface area contributed by atoms with E-state index in [1.807, 2.05) is 30.3 Å². The van der Waals surface area contributed by atoms with Crippen molar-refractivity contribution in [3.8, 4) is 0 Å². The number of nitrogens with one attached hydrogen (secondary N) is 1. The molecule has 0 radical (unpaired) electrons. The Hall–Kier alpha value is -0.880. The van der Waals surface area contributed by atoms with Crippen LogP contribution >= 0.6 is 31.9 Å². The van der Waals surface area contributed by atoms with E-state index in [4.69, 9.17) is 4.74 Å². The molecule has 6 heteroatoms. The Bertz CT molecular complexity index is 499. The van der Waals surface area contributed by atoms with Crippen molar-refractivity contribution in [1.29, 1.82) is 0 Å². The molecule has 0 spiro atoms. The van der Waals surface area contributed by atoms with Crippen molar-refractivity contribution in [2.45, 2.75) is 37.2 Å². The Morgan fingerprint density at radius 3 is 2.24 bits per heavy atom. The van der Waals surface area contributed by atoms with E-state index in [1.165, 1.54) is 0 Å². The molecule has 0 heterocycles. The number of halogens is 2. The highest BCUT2D eigenvalue weighted by Crippen LogP contribution is 2.24. The van der Waals surface area contributed by atoms with Gasteiger partial charge < -0.3 is 4.74 Å². The first-order valence-electron chi connectivity index (χ1n) is 6.49. The quantitative estimate of drug-likeness (QED) is 0.582. The predicted octanol–water partition coefficient (Wildman–Crippen LogP) is 3.81. The summed E-state index contributed by atoms with van der Waals surface area (Å²) < 4.78 is 4.02. The molecular weight excluding hydrogens is 402 g/mol. The van der Waals surface area contributed by atoms with Gasteiger partial charge in [0.15, 0.2) is 10.2 Å². The summed E-state index contributed by atoms with van der Waals surface area (Å²) >= 11 is 6.51. The lowest BCUT2D eigenvalue weighted by molar-refractivity contribution is -0.119. The van der Waals surface area contributed by atoms with E-state index >= 15 is 0 Å². The van der Waals surface area contributed by atoms with Crippen LogP contribution in [0.25, 0.3) is 0 Å². The van der Waals surface area contributed by atoms with E-state index < -0.39 is 16.1 Å². The summed E-state index contributed by atoms with van der Waals surface area (Å²) in [6.45, 7) is 5.31. The van der Waals surface area contributed by atoms with Crippen LogP contribution in [0.5, 0.6) is 0 Å². The van der Waals surface area contributed by atoms with Gasteiger partial charge in [0.05, 0.1) is 5.33 Å². The summed E-state index contributed by atoms with van der Waals surface area (Å²) in [4.78, 5) is 24.1. The molecule has 4 nitrogen and oxygen atoms in total. The predicted molar refractivity (Wildman–Crippen MR) is 90.0 cm³/mol. The molecule has 0 saturated carbocycles. The first-order valence-corrected chi connectivity index (χ1v) is 8.41. The average molecular weight is 421 g/mol. The number of ether oxygens (including phenoxy) is 1. The molecule has 0 aliphatic heterocycles. The molecule has 0 aliphatic carbocycles. The summed E-state index contributed by atoms with van der Waals surface area (Å²) in [6.07, 6.45) is -0.304. The third-order valence-electron chi connectivity index (χ3n) is 2.55. The number of rotatable bonds is 5. The fourth-order valence-electron chi connectivity index (χ4n) is 1.66. The standard InChI is InChI=1S/C15H19Br2NO3/c1-14(2,3)21-13(20)18-15(17,12(19)10-16)9-11-7-5-4-6-8-11/h4-8H,9-10H2,1-3H3,(H,18,20)/t15-/m1/s1. The van der Waals surface area contributed by atoms with Crippen molar-refractivity contribution in [2.75, 3.05) is 5.33 Å². The van der Waals surface area contributed by atoms with E-state index in [0.29, 0.717) is 6.42 Å². The molecule has 1 atom stereocenters. The van der Waals surface area contributed by atoms with Crippen LogP contribution in [0.1, 0.15) is 26.3 Å². The minimum absolute atomic E-state index is 0.126. The Balaban J connectivity index is 2.89. The molecule has 0 saturated heterocycles. The molecule has 0 unspecified atom stereocenters. The second-order valence-corrected chi connectivity index (χ2v) is 7.56. The van der Waals surface area contributed by atoms with Crippen molar-refractivity contribution in [1.82, 2.24) is 5.32 Å². The zero-order valence-corrected chi connectivity index (χ0v) is 15.5. The number of carbonyl (C=O) groups excluding carboxylic acids is 2. The number of alkyl halides is 2. The highest BCUT2D eigenvalue weighted by Gasteiger charge is 2.37. The van der Waals surface area contributed by atoms with Crippen molar-refractivity contribution in [3.63, 3.8) is 0 Å². The van der Waals surface area contributed by atoms with Crippen molar-refractivity contribution >= 4 is 43.7 Å². The summed E-state index contributed by atoms with van der Waals surface area (Å²) in [5, 5.41) is 2.75. The molecule has 1 rings (SSSR count). The lowest BCUT2D eigenvalue weighted by atomic mass is 10.0. The number of ketones is 1. The van der Waals surface area contributed by atoms with Gasteiger partial charge in [0.25, 0.3) is 0 Å². The largest absolute Gasteiger partial charge is 0.444 e. The number of hydrogen-bond donors (Lipinski definition) is 1. The van der Waals surface area contributed by atoms with Crippen LogP contribution in [0.2, 0.25) is 0 Å². The molecule has 1 N–H and O–H groups in total. The maximum atomic E-state index is 12.2. The van der Waals surface area contributed by atoms with Gasteiger partial charge in [-0.05, 0) is 26.3 Å². The fourth-order valence-corrected chi connectivity index (χ4v) is 3.14. The molecule has 1 aromatic carbocycles. The smallest absolute Gasteiger partial charge is 0.409 e. The lowest BCUT2D eigenvalue weighted by Gasteiger charge is -2.29. The Morgan fingerprint density at radius 2 is 1.76 bits per heavy atom. The molecule has 0 bridgehead atoms. The van der Waals surface area contributed by atoms with Crippen LogP contribution in [0.4, 0.5) is 4.79 Å². The normalized spacial score (nSPS) is 14.1. The van der Waals surface area contributed by atoms with Gasteiger partial charge in [-0.2, -0.15) is 0 Å². The summed E-state index contributed by atoms with van der Waals surface area (Å²) in [5.41, 5.74) is 0.307. The molecule has 1 amide bonds. The van der Waals surface area contributed by atoms with Crippen LogP contribution < -0.4 is 5.32 Å². The zero-order valence-electron chi connectivity index (χ0n) is 12.3. The third-order valence-corrected chi connectivity index (χ3v) is 3.98. The molecule has 21 heavy (non-hydrogen) atoms. The van der Waals surface area contributed by atoms with Gasteiger partial charge >= 0.3 is 6.09 Å². The second-order valence-electron chi connectivity index (χ2n) is 5.65. The van der Waals surface area contributed by atoms with Gasteiger partial charge in [-0.25, -0.2) is 4.79 Å². The summed E-state index contributed by atoms with van der Waals surface area (Å²) in [6, 6.07) is 9.46. The maximum Gasteiger partial charge on any atom is 0.409 e. The van der Waals surface area contributed by atoms with Gasteiger partial charge in [0.2, 0.25) is 0 Å². The minimum atomic E-state index is -1.19. The molecular formula is C15H19Br2NO3. The van der Waals surface area contributed by atoms with Crippen molar-refractivity contribution in [2.24, 2.45) is 0 Å². The lowest BCUT2D eigenvalue weighted by Crippen LogP contribution is -2.53. The molecule has 116 valence electrons. The van der Waals surface area contributed by atoms with Crippen LogP contribution in [-0.4, -0.2) is 27.3 Å². The van der Waals surface area contributed by atoms with Crippen LogP contribution in [0, 0.1) is 0 Å². The highest BCUT2D eigenvalue weighted by molar-refractivity contribution is 9.10. The number of hydrogen-bond acceptors (Lipinski definition) is 3. The van der Waals surface area contributed by atoms with E-state index in [-0.39, 0.29) is 11.1 Å². The molecule has 1 aromatic rings. The first-order chi connectivity index (χ1) is 9.66. The van der Waals surface area contributed by atoms with Gasteiger partial charge in [-0.3, -0.25) is 10.1 Å². The number of alkyl carbamates (subject to hydrolysis) is 1. The summed E-state index contributed by atoms with van der Waals surface area (Å²) in [7, 11) is 0. The van der Waals surface area contributed by atoms with Crippen molar-refractivity contribution < 1.29 is 14.3 Å². The molecule has 0 fully saturated rings. The van der Waals surface area contributed by atoms with E-state index in [0.717, 1.165) is 5.56 Å². The SMILES string of the molecule is CC(C)(C)OC(=O)N[C@](Br)(Cc1ccccc1)C(=O)CBr. The van der Waals surface area contributed by atoms with Crippen molar-refractivity contribution in [3.05, 3.63) is 35.9 Å².